The highest BCUT2D eigenvalue weighted by Crippen LogP contribution is 2.30. The lowest BCUT2D eigenvalue weighted by atomic mass is 9.90. The molecule has 1 aromatic rings. The van der Waals surface area contributed by atoms with Gasteiger partial charge in [0.2, 0.25) is 0 Å². The van der Waals surface area contributed by atoms with E-state index in [1.807, 2.05) is 0 Å². The molecule has 88 valence electrons. The molecular weight excluding hydrogens is 196 g/mol. The molecule has 1 heterocycles. The van der Waals surface area contributed by atoms with Crippen molar-refractivity contribution >= 4 is 5.69 Å². The maximum atomic E-state index is 3.60. The molecule has 1 atom stereocenters. The van der Waals surface area contributed by atoms with Crippen LogP contribution in [0.15, 0.2) is 24.3 Å². The van der Waals surface area contributed by atoms with E-state index in [4.69, 9.17) is 0 Å². The van der Waals surface area contributed by atoms with Crippen molar-refractivity contribution in [1.82, 2.24) is 5.32 Å². The van der Waals surface area contributed by atoms with E-state index in [0.717, 1.165) is 13.1 Å². The molecule has 1 unspecified atom stereocenters. The highest BCUT2D eigenvalue weighted by molar-refractivity contribution is 5.54. The van der Waals surface area contributed by atoms with Crippen molar-refractivity contribution in [3.05, 3.63) is 29.8 Å². The first-order valence-electron chi connectivity index (χ1n) is 6.14. The van der Waals surface area contributed by atoms with Gasteiger partial charge < -0.3 is 10.6 Å². The molecule has 0 saturated carbocycles. The van der Waals surface area contributed by atoms with Gasteiger partial charge in [0.15, 0.2) is 0 Å². The Labute approximate surface area is 98.4 Å². The quantitative estimate of drug-likeness (QED) is 0.797. The summed E-state index contributed by atoms with van der Waals surface area (Å²) in [5.41, 5.74) is 2.99. The van der Waals surface area contributed by atoms with Crippen LogP contribution in [0.2, 0.25) is 0 Å². The monoisotopic (exact) mass is 218 g/mol. The molecule has 2 rings (SSSR count). The minimum atomic E-state index is 0.208. The molecular formula is C14H22N2. The summed E-state index contributed by atoms with van der Waals surface area (Å²) < 4.78 is 0. The van der Waals surface area contributed by atoms with Crippen molar-refractivity contribution < 1.29 is 0 Å². The number of nitrogens with one attached hydrogen (secondary N) is 2. The Morgan fingerprint density at radius 1 is 1.31 bits per heavy atom. The van der Waals surface area contributed by atoms with Crippen molar-refractivity contribution in [2.45, 2.75) is 38.6 Å². The normalized spacial score (nSPS) is 20.1. The molecule has 0 spiro atoms. The Morgan fingerprint density at radius 3 is 2.81 bits per heavy atom. The second-order valence-corrected chi connectivity index (χ2v) is 5.63. The smallest absolute Gasteiger partial charge is 0.0376 e. The lowest BCUT2D eigenvalue weighted by Crippen LogP contribution is -2.39. The van der Waals surface area contributed by atoms with Gasteiger partial charge in [-0.1, -0.05) is 18.2 Å². The average molecular weight is 218 g/mol. The highest BCUT2D eigenvalue weighted by Gasteiger charge is 2.20. The van der Waals surface area contributed by atoms with Crippen LogP contribution in [-0.4, -0.2) is 18.6 Å². The summed E-state index contributed by atoms with van der Waals surface area (Å²) >= 11 is 0. The van der Waals surface area contributed by atoms with E-state index in [9.17, 15) is 0 Å². The average Bonchev–Trinajstić information content (AvgIpc) is 2.25. The fourth-order valence-corrected chi connectivity index (χ4v) is 2.19. The van der Waals surface area contributed by atoms with Crippen LogP contribution in [0.3, 0.4) is 0 Å². The van der Waals surface area contributed by atoms with Gasteiger partial charge in [0.05, 0.1) is 0 Å². The molecule has 2 N–H and O–H groups in total. The highest BCUT2D eigenvalue weighted by atomic mass is 15.0. The fourth-order valence-electron chi connectivity index (χ4n) is 2.19. The first-order valence-corrected chi connectivity index (χ1v) is 6.14. The van der Waals surface area contributed by atoms with Gasteiger partial charge in [-0.3, -0.25) is 0 Å². The van der Waals surface area contributed by atoms with Crippen LogP contribution >= 0.6 is 0 Å². The van der Waals surface area contributed by atoms with Gasteiger partial charge in [-0.15, -0.1) is 0 Å². The minimum absolute atomic E-state index is 0.208. The van der Waals surface area contributed by atoms with Crippen LogP contribution in [0, 0.1) is 0 Å². The number of benzene rings is 1. The van der Waals surface area contributed by atoms with Crippen molar-refractivity contribution in [1.29, 1.82) is 0 Å². The predicted molar refractivity (Wildman–Crippen MR) is 70.0 cm³/mol. The molecule has 0 amide bonds. The van der Waals surface area contributed by atoms with Gasteiger partial charge in [0.25, 0.3) is 0 Å². The lowest BCUT2D eigenvalue weighted by Gasteiger charge is -2.30. The summed E-state index contributed by atoms with van der Waals surface area (Å²) in [7, 11) is 0. The predicted octanol–water partition coefficient (Wildman–Crippen LogP) is 2.97. The van der Waals surface area contributed by atoms with E-state index in [-0.39, 0.29) is 5.54 Å². The van der Waals surface area contributed by atoms with Gasteiger partial charge in [0.1, 0.15) is 0 Å². The van der Waals surface area contributed by atoms with E-state index in [0.29, 0.717) is 5.92 Å². The van der Waals surface area contributed by atoms with Crippen LogP contribution in [0.4, 0.5) is 5.69 Å². The number of hydrogen-bond acceptors (Lipinski definition) is 2. The number of para-hydroxylation sites is 1. The van der Waals surface area contributed by atoms with Gasteiger partial charge >= 0.3 is 0 Å². The summed E-state index contributed by atoms with van der Waals surface area (Å²) in [6.07, 6.45) is 1.22. The van der Waals surface area contributed by atoms with Crippen molar-refractivity contribution in [2.24, 2.45) is 0 Å². The minimum Gasteiger partial charge on any atom is -0.385 e. The molecule has 16 heavy (non-hydrogen) atoms. The zero-order chi connectivity index (χ0) is 11.6. The molecule has 0 saturated heterocycles. The molecule has 1 aliphatic heterocycles. The van der Waals surface area contributed by atoms with E-state index >= 15 is 0 Å². The summed E-state index contributed by atoms with van der Waals surface area (Å²) in [5.74, 6) is 0.650. The zero-order valence-corrected chi connectivity index (χ0v) is 10.5. The number of hydrogen-bond donors (Lipinski definition) is 2. The van der Waals surface area contributed by atoms with Crippen molar-refractivity contribution in [3.63, 3.8) is 0 Å². The molecule has 0 fully saturated rings. The Balaban J connectivity index is 2.07. The standard InChI is InChI=1S/C14H22N2/c1-14(2,3)16-10-11-8-9-15-13-7-5-4-6-12(11)13/h4-7,11,15-16H,8-10H2,1-3H3. The molecule has 2 nitrogen and oxygen atoms in total. The first kappa shape index (κ1) is 11.5. The second kappa shape index (κ2) is 4.46. The molecule has 0 aliphatic carbocycles. The number of fused-ring (bicyclic) bond motifs is 1. The topological polar surface area (TPSA) is 24.1 Å². The molecule has 1 aliphatic rings. The Bertz CT molecular complexity index is 352. The summed E-state index contributed by atoms with van der Waals surface area (Å²) in [5, 5.41) is 7.07. The van der Waals surface area contributed by atoms with Gasteiger partial charge in [-0.25, -0.2) is 0 Å². The maximum absolute atomic E-state index is 3.60. The third-order valence-corrected chi connectivity index (χ3v) is 3.09. The Morgan fingerprint density at radius 2 is 2.06 bits per heavy atom. The van der Waals surface area contributed by atoms with Crippen LogP contribution in [-0.2, 0) is 0 Å². The van der Waals surface area contributed by atoms with Crippen LogP contribution in [0.25, 0.3) is 0 Å². The molecule has 0 radical (unpaired) electrons. The lowest BCUT2D eigenvalue weighted by molar-refractivity contribution is 0.399. The first-order chi connectivity index (χ1) is 7.56. The largest absolute Gasteiger partial charge is 0.385 e. The van der Waals surface area contributed by atoms with Crippen molar-refractivity contribution in [2.75, 3.05) is 18.4 Å². The third-order valence-electron chi connectivity index (χ3n) is 3.09. The molecule has 2 heteroatoms. The zero-order valence-electron chi connectivity index (χ0n) is 10.5. The van der Waals surface area contributed by atoms with Gasteiger partial charge in [-0.2, -0.15) is 0 Å². The van der Waals surface area contributed by atoms with Crippen LogP contribution in [0.1, 0.15) is 38.7 Å². The van der Waals surface area contributed by atoms with Crippen molar-refractivity contribution in [3.8, 4) is 0 Å². The van der Waals surface area contributed by atoms with Crippen LogP contribution in [0.5, 0.6) is 0 Å². The Hall–Kier alpha value is -1.02. The second-order valence-electron chi connectivity index (χ2n) is 5.63. The van der Waals surface area contributed by atoms with Crippen LogP contribution < -0.4 is 10.6 Å². The number of rotatable bonds is 2. The third kappa shape index (κ3) is 2.76. The van der Waals surface area contributed by atoms with E-state index in [1.54, 1.807) is 0 Å². The van der Waals surface area contributed by atoms with E-state index in [1.165, 1.54) is 17.7 Å². The summed E-state index contributed by atoms with van der Waals surface area (Å²) in [6, 6.07) is 8.66. The number of anilines is 1. The molecule has 1 aromatic carbocycles. The Kier molecular flexibility index (Phi) is 3.20. The summed E-state index contributed by atoms with van der Waals surface area (Å²) in [4.78, 5) is 0. The fraction of sp³-hybridized carbons (Fsp3) is 0.571. The molecule has 0 aromatic heterocycles. The van der Waals surface area contributed by atoms with E-state index < -0.39 is 0 Å². The maximum Gasteiger partial charge on any atom is 0.0376 e. The van der Waals surface area contributed by atoms with Gasteiger partial charge in [0, 0.05) is 30.2 Å². The summed E-state index contributed by atoms with van der Waals surface area (Å²) in [6.45, 7) is 8.83. The van der Waals surface area contributed by atoms with Gasteiger partial charge in [-0.05, 0) is 38.8 Å². The van der Waals surface area contributed by atoms with E-state index in [2.05, 4.69) is 55.7 Å². The SMILES string of the molecule is CC(C)(C)NCC1CCNc2ccccc21. The molecule has 0 bridgehead atoms.